The normalized spacial score (nSPS) is 27.8. The Bertz CT molecular complexity index is 922. The maximum atomic E-state index is 12.7. The fourth-order valence-electron chi connectivity index (χ4n) is 4.52. The van der Waals surface area contributed by atoms with E-state index in [-0.39, 0.29) is 34.9 Å². The largest absolute Gasteiger partial charge is 0.456 e. The average molecular weight is 398 g/mol. The van der Waals surface area contributed by atoms with Crippen LogP contribution in [0.1, 0.15) is 23.7 Å². The van der Waals surface area contributed by atoms with Crippen molar-refractivity contribution in [2.45, 2.75) is 19.4 Å². The van der Waals surface area contributed by atoms with E-state index in [4.69, 9.17) is 4.74 Å². The summed E-state index contributed by atoms with van der Waals surface area (Å²) in [4.78, 5) is 61.0. The summed E-state index contributed by atoms with van der Waals surface area (Å²) in [6, 6.07) is 3.79. The molecule has 4 rings (SSSR count). The summed E-state index contributed by atoms with van der Waals surface area (Å²) in [5.41, 5.74) is -0.00575. The number of non-ortho nitro benzene ring substituents is 1. The first-order valence-electron chi connectivity index (χ1n) is 9.29. The number of fused-ring (bicyclic) bond motifs is 5. The molecule has 0 aromatic heterocycles. The molecule has 0 spiro atoms. The van der Waals surface area contributed by atoms with Gasteiger partial charge in [0.15, 0.2) is 12.4 Å². The molecule has 0 N–H and O–H groups in total. The molecule has 0 radical (unpaired) electrons. The third kappa shape index (κ3) is 3.02. The highest BCUT2D eigenvalue weighted by Gasteiger charge is 2.60. The van der Waals surface area contributed by atoms with Gasteiger partial charge >= 0.3 is 5.97 Å². The lowest BCUT2D eigenvalue weighted by Gasteiger charge is -2.23. The summed E-state index contributed by atoms with van der Waals surface area (Å²) < 4.78 is 5.01. The van der Waals surface area contributed by atoms with Gasteiger partial charge in [-0.3, -0.25) is 29.4 Å². The van der Waals surface area contributed by atoms with E-state index in [1.54, 1.807) is 0 Å². The SMILES string of the molecule is C[C@@H](C(=O)OCC(=O)c1ccc([N+](=O)[O-])cc1)N1C(=O)[C@@H]2[C@H](C1=O)[C@@H]1C=C[C@@H]2C1. The van der Waals surface area contributed by atoms with Crippen molar-refractivity contribution < 1.29 is 28.8 Å². The van der Waals surface area contributed by atoms with Crippen LogP contribution in [0.3, 0.4) is 0 Å². The van der Waals surface area contributed by atoms with Crippen LogP contribution in [-0.4, -0.2) is 46.0 Å². The predicted molar refractivity (Wildman–Crippen MR) is 97.4 cm³/mol. The van der Waals surface area contributed by atoms with Gasteiger partial charge in [0.05, 0.1) is 16.8 Å². The van der Waals surface area contributed by atoms with E-state index < -0.39 is 41.2 Å². The van der Waals surface area contributed by atoms with E-state index in [2.05, 4.69) is 0 Å². The van der Waals surface area contributed by atoms with Crippen molar-refractivity contribution in [3.63, 3.8) is 0 Å². The second-order valence-corrected chi connectivity index (χ2v) is 7.56. The predicted octanol–water partition coefficient (Wildman–Crippen LogP) is 1.52. The Morgan fingerprint density at radius 1 is 1.14 bits per heavy atom. The maximum Gasteiger partial charge on any atom is 0.329 e. The standard InChI is InChI=1S/C20H18N2O7/c1-10(21-18(24)16-12-2-3-13(8-12)17(16)19(21)25)20(26)29-9-15(23)11-4-6-14(7-5-11)22(27)28/h2-7,10,12-13,16-17H,8-9H2,1H3/t10-,12+,13+,16-,17+/m0/s1. The highest BCUT2D eigenvalue weighted by atomic mass is 16.6. The van der Waals surface area contributed by atoms with E-state index in [9.17, 15) is 29.3 Å². The lowest BCUT2D eigenvalue weighted by molar-refractivity contribution is -0.384. The molecule has 150 valence electrons. The molecule has 1 aromatic rings. The van der Waals surface area contributed by atoms with Gasteiger partial charge in [0.1, 0.15) is 6.04 Å². The lowest BCUT2D eigenvalue weighted by atomic mass is 9.85. The van der Waals surface area contributed by atoms with Crippen LogP contribution in [0.15, 0.2) is 36.4 Å². The quantitative estimate of drug-likeness (QED) is 0.178. The molecule has 1 aromatic carbocycles. The zero-order valence-corrected chi connectivity index (χ0v) is 15.5. The number of benzene rings is 1. The number of ketones is 1. The van der Waals surface area contributed by atoms with Crippen LogP contribution >= 0.6 is 0 Å². The Morgan fingerprint density at radius 3 is 2.21 bits per heavy atom. The summed E-state index contributed by atoms with van der Waals surface area (Å²) in [5, 5.41) is 10.7. The molecular formula is C20H18N2O7. The average Bonchev–Trinajstić information content (AvgIpc) is 3.39. The highest BCUT2D eigenvalue weighted by Crippen LogP contribution is 2.52. The van der Waals surface area contributed by atoms with Gasteiger partial charge in [0.25, 0.3) is 5.69 Å². The molecule has 1 heterocycles. The first-order chi connectivity index (χ1) is 13.8. The van der Waals surface area contributed by atoms with Crippen LogP contribution in [0.25, 0.3) is 0 Å². The molecular weight excluding hydrogens is 380 g/mol. The molecule has 2 aliphatic carbocycles. The number of nitrogens with zero attached hydrogens (tertiary/aromatic N) is 2. The van der Waals surface area contributed by atoms with E-state index in [0.29, 0.717) is 0 Å². The second kappa shape index (κ2) is 6.91. The minimum atomic E-state index is -1.12. The van der Waals surface area contributed by atoms with Crippen molar-refractivity contribution in [2.75, 3.05) is 6.61 Å². The molecule has 1 saturated carbocycles. The van der Waals surface area contributed by atoms with Crippen LogP contribution in [0.5, 0.6) is 0 Å². The Kier molecular flexibility index (Phi) is 4.52. The Hall–Kier alpha value is -3.36. The smallest absolute Gasteiger partial charge is 0.329 e. The molecule has 3 aliphatic rings. The Labute approximate surface area is 165 Å². The number of hydrogen-bond donors (Lipinski definition) is 0. The zero-order valence-electron chi connectivity index (χ0n) is 15.5. The monoisotopic (exact) mass is 398 g/mol. The van der Waals surface area contributed by atoms with Crippen molar-refractivity contribution in [3.8, 4) is 0 Å². The highest BCUT2D eigenvalue weighted by molar-refractivity contribution is 6.09. The van der Waals surface area contributed by atoms with Crippen LogP contribution < -0.4 is 0 Å². The number of amides is 2. The summed E-state index contributed by atoms with van der Waals surface area (Å²) >= 11 is 0. The number of nitro benzene ring substituents is 1. The fourth-order valence-corrected chi connectivity index (χ4v) is 4.52. The molecule has 1 saturated heterocycles. The van der Waals surface area contributed by atoms with Crippen LogP contribution in [0, 0.1) is 33.8 Å². The van der Waals surface area contributed by atoms with Crippen molar-refractivity contribution in [3.05, 3.63) is 52.1 Å². The number of carbonyl (C=O) groups is 4. The second-order valence-electron chi connectivity index (χ2n) is 7.56. The zero-order chi connectivity index (χ0) is 20.9. The number of likely N-dealkylation sites (tertiary alicyclic amines) is 1. The van der Waals surface area contributed by atoms with E-state index >= 15 is 0 Å². The molecule has 5 atom stereocenters. The molecule has 1 aliphatic heterocycles. The van der Waals surface area contributed by atoms with Gasteiger partial charge in [0.2, 0.25) is 11.8 Å². The van der Waals surface area contributed by atoms with Gasteiger partial charge in [-0.1, -0.05) is 12.2 Å². The van der Waals surface area contributed by atoms with Crippen LogP contribution in [0.4, 0.5) is 5.69 Å². The number of rotatable bonds is 6. The summed E-state index contributed by atoms with van der Waals surface area (Å²) in [7, 11) is 0. The third-order valence-corrected chi connectivity index (χ3v) is 5.98. The molecule has 29 heavy (non-hydrogen) atoms. The van der Waals surface area contributed by atoms with E-state index in [1.165, 1.54) is 31.2 Å². The molecule has 2 amide bonds. The lowest BCUT2D eigenvalue weighted by Crippen LogP contribution is -2.45. The van der Waals surface area contributed by atoms with Crippen molar-refractivity contribution >= 4 is 29.3 Å². The minimum absolute atomic E-state index is 0.0402. The molecule has 9 nitrogen and oxygen atoms in total. The van der Waals surface area contributed by atoms with Gasteiger partial charge in [-0.25, -0.2) is 4.79 Å². The Morgan fingerprint density at radius 2 is 1.69 bits per heavy atom. The number of allylic oxidation sites excluding steroid dienone is 2. The number of esters is 1. The Balaban J connectivity index is 1.37. The molecule has 2 fully saturated rings. The topological polar surface area (TPSA) is 124 Å². The first kappa shape index (κ1) is 19.0. The number of carbonyl (C=O) groups excluding carboxylic acids is 4. The molecule has 2 bridgehead atoms. The van der Waals surface area contributed by atoms with Crippen molar-refractivity contribution in [1.82, 2.24) is 4.90 Å². The summed E-state index contributed by atoms with van der Waals surface area (Å²) in [6.07, 6.45) is 4.72. The van der Waals surface area contributed by atoms with Crippen LogP contribution in [-0.2, 0) is 19.1 Å². The number of hydrogen-bond acceptors (Lipinski definition) is 7. The van der Waals surface area contributed by atoms with Crippen molar-refractivity contribution in [1.29, 1.82) is 0 Å². The van der Waals surface area contributed by atoms with Crippen LogP contribution in [0.2, 0.25) is 0 Å². The first-order valence-corrected chi connectivity index (χ1v) is 9.29. The molecule has 9 heteroatoms. The van der Waals surface area contributed by atoms with E-state index in [1.807, 2.05) is 12.2 Å². The number of Topliss-reactive ketones (excluding diaryl/α,β-unsaturated/α-hetero) is 1. The minimum Gasteiger partial charge on any atom is -0.456 e. The van der Waals surface area contributed by atoms with E-state index in [0.717, 1.165) is 11.3 Å². The van der Waals surface area contributed by atoms with Gasteiger partial charge in [-0.15, -0.1) is 0 Å². The maximum absolute atomic E-state index is 12.7. The summed E-state index contributed by atoms with van der Waals surface area (Å²) in [5.74, 6) is -2.84. The van der Waals surface area contributed by atoms with Gasteiger partial charge in [0, 0.05) is 17.7 Å². The van der Waals surface area contributed by atoms with Gasteiger partial charge < -0.3 is 4.74 Å². The van der Waals surface area contributed by atoms with Gasteiger partial charge in [-0.2, -0.15) is 0 Å². The molecule has 0 unspecified atom stereocenters. The number of nitro groups is 1. The third-order valence-electron chi connectivity index (χ3n) is 5.98. The summed E-state index contributed by atoms with van der Waals surface area (Å²) in [6.45, 7) is 0.821. The van der Waals surface area contributed by atoms with Gasteiger partial charge in [-0.05, 0) is 37.3 Å². The fraction of sp³-hybridized carbons (Fsp3) is 0.400. The number of imide groups is 1. The van der Waals surface area contributed by atoms with Crippen molar-refractivity contribution in [2.24, 2.45) is 23.7 Å². The number of ether oxygens (including phenoxy) is 1.